The molecule has 0 aliphatic heterocycles. The number of aldehydes is 1. The van der Waals surface area contributed by atoms with Gasteiger partial charge in [0.1, 0.15) is 6.29 Å². The average Bonchev–Trinajstić information content (AvgIpc) is 2.10. The van der Waals surface area contributed by atoms with Crippen LogP contribution >= 0.6 is 0 Å². The van der Waals surface area contributed by atoms with Gasteiger partial charge in [-0.2, -0.15) is 0 Å². The van der Waals surface area contributed by atoms with Crippen LogP contribution in [-0.4, -0.2) is 19.0 Å². The fourth-order valence-electron chi connectivity index (χ4n) is 0.767. The third-order valence-electron chi connectivity index (χ3n) is 1.90. The topological polar surface area (TPSA) is 29.4 Å². The SMILES string of the molecule is CCC(C)CN=CCCCC=O. The molecule has 1 unspecified atom stereocenters. The second-order valence-corrected chi connectivity index (χ2v) is 3.16. The number of aliphatic imine (C=N–C) groups is 1. The molecule has 0 bridgehead atoms. The molecule has 0 amide bonds. The predicted molar refractivity (Wildman–Crippen MR) is 52.7 cm³/mol. The molecule has 0 aromatic rings. The predicted octanol–water partition coefficient (Wildman–Crippen LogP) is 2.47. The van der Waals surface area contributed by atoms with Crippen molar-refractivity contribution < 1.29 is 4.79 Å². The number of carbonyl (C=O) groups excluding carboxylic acids is 1. The molecule has 0 heterocycles. The molecule has 0 aliphatic rings. The van der Waals surface area contributed by atoms with Gasteiger partial charge in [-0.25, -0.2) is 0 Å². The molecule has 0 spiro atoms. The van der Waals surface area contributed by atoms with Gasteiger partial charge in [0, 0.05) is 13.0 Å². The third kappa shape index (κ3) is 7.45. The summed E-state index contributed by atoms with van der Waals surface area (Å²) in [5.74, 6) is 0.687. The van der Waals surface area contributed by atoms with E-state index in [-0.39, 0.29) is 0 Å². The van der Waals surface area contributed by atoms with Gasteiger partial charge in [0.25, 0.3) is 0 Å². The van der Waals surface area contributed by atoms with Crippen molar-refractivity contribution in [2.45, 2.75) is 39.5 Å². The zero-order valence-corrected chi connectivity index (χ0v) is 8.12. The highest BCUT2D eigenvalue weighted by molar-refractivity contribution is 5.58. The number of nitrogens with zero attached hydrogens (tertiary/aromatic N) is 1. The van der Waals surface area contributed by atoms with E-state index in [0.29, 0.717) is 12.3 Å². The van der Waals surface area contributed by atoms with Gasteiger partial charge in [-0.3, -0.25) is 4.99 Å². The summed E-state index contributed by atoms with van der Waals surface area (Å²) in [6, 6.07) is 0. The molecule has 0 aromatic carbocycles. The van der Waals surface area contributed by atoms with Crippen LogP contribution in [-0.2, 0) is 4.79 Å². The summed E-state index contributed by atoms with van der Waals surface area (Å²) in [4.78, 5) is 14.2. The Hall–Kier alpha value is -0.660. The Bertz CT molecular complexity index is 132. The van der Waals surface area contributed by atoms with Crippen LogP contribution in [0.25, 0.3) is 0 Å². The first-order valence-corrected chi connectivity index (χ1v) is 4.73. The molecule has 0 saturated carbocycles. The first kappa shape index (κ1) is 11.3. The van der Waals surface area contributed by atoms with Crippen molar-refractivity contribution in [1.82, 2.24) is 0 Å². The van der Waals surface area contributed by atoms with E-state index in [1.54, 1.807) is 0 Å². The van der Waals surface area contributed by atoms with Crippen LogP contribution in [0.3, 0.4) is 0 Å². The van der Waals surface area contributed by atoms with Crippen LogP contribution in [0.1, 0.15) is 39.5 Å². The van der Waals surface area contributed by atoms with Crippen molar-refractivity contribution in [2.75, 3.05) is 6.54 Å². The van der Waals surface area contributed by atoms with E-state index < -0.39 is 0 Å². The van der Waals surface area contributed by atoms with Crippen molar-refractivity contribution in [3.63, 3.8) is 0 Å². The lowest BCUT2D eigenvalue weighted by Gasteiger charge is -2.01. The van der Waals surface area contributed by atoms with Crippen LogP contribution < -0.4 is 0 Å². The van der Waals surface area contributed by atoms with Crippen molar-refractivity contribution in [3.8, 4) is 0 Å². The summed E-state index contributed by atoms with van der Waals surface area (Å²) < 4.78 is 0. The van der Waals surface area contributed by atoms with E-state index in [4.69, 9.17) is 0 Å². The molecule has 0 N–H and O–H groups in total. The summed E-state index contributed by atoms with van der Waals surface area (Å²) in [6.07, 6.45) is 6.63. The van der Waals surface area contributed by atoms with Gasteiger partial charge in [-0.1, -0.05) is 20.3 Å². The lowest BCUT2D eigenvalue weighted by atomic mass is 10.1. The van der Waals surface area contributed by atoms with Crippen molar-refractivity contribution in [3.05, 3.63) is 0 Å². The smallest absolute Gasteiger partial charge is 0.120 e. The summed E-state index contributed by atoms with van der Waals surface area (Å²) in [7, 11) is 0. The number of carbonyl (C=O) groups is 1. The zero-order chi connectivity index (χ0) is 9.23. The molecule has 0 saturated heterocycles. The van der Waals surface area contributed by atoms with Crippen LogP contribution in [0.15, 0.2) is 4.99 Å². The molecule has 12 heavy (non-hydrogen) atoms. The Labute approximate surface area is 75.1 Å². The summed E-state index contributed by atoms with van der Waals surface area (Å²) in [6.45, 7) is 5.30. The largest absolute Gasteiger partial charge is 0.303 e. The number of hydrogen-bond donors (Lipinski definition) is 0. The summed E-state index contributed by atoms with van der Waals surface area (Å²) in [5, 5.41) is 0. The summed E-state index contributed by atoms with van der Waals surface area (Å²) >= 11 is 0. The van der Waals surface area contributed by atoms with Crippen LogP contribution in [0.2, 0.25) is 0 Å². The third-order valence-corrected chi connectivity index (χ3v) is 1.90. The maximum Gasteiger partial charge on any atom is 0.120 e. The van der Waals surface area contributed by atoms with E-state index in [1.807, 2.05) is 6.21 Å². The van der Waals surface area contributed by atoms with Gasteiger partial charge in [0.05, 0.1) is 0 Å². The first-order valence-electron chi connectivity index (χ1n) is 4.73. The average molecular weight is 169 g/mol. The van der Waals surface area contributed by atoms with Gasteiger partial charge in [-0.05, 0) is 25.0 Å². The molecule has 1 atom stereocenters. The Morgan fingerprint density at radius 2 is 2.17 bits per heavy atom. The molecule has 2 heteroatoms. The van der Waals surface area contributed by atoms with Gasteiger partial charge in [0.15, 0.2) is 0 Å². The fraction of sp³-hybridized carbons (Fsp3) is 0.800. The number of hydrogen-bond acceptors (Lipinski definition) is 2. The van der Waals surface area contributed by atoms with Crippen molar-refractivity contribution >= 4 is 12.5 Å². The first-order chi connectivity index (χ1) is 5.81. The Morgan fingerprint density at radius 3 is 2.75 bits per heavy atom. The van der Waals surface area contributed by atoms with Crippen molar-refractivity contribution in [1.29, 1.82) is 0 Å². The van der Waals surface area contributed by atoms with E-state index in [9.17, 15) is 4.79 Å². The Morgan fingerprint density at radius 1 is 1.42 bits per heavy atom. The maximum atomic E-state index is 9.95. The maximum absolute atomic E-state index is 9.95. The van der Waals surface area contributed by atoms with Crippen LogP contribution in [0.5, 0.6) is 0 Å². The van der Waals surface area contributed by atoms with Crippen molar-refractivity contribution in [2.24, 2.45) is 10.9 Å². The van der Waals surface area contributed by atoms with Gasteiger partial charge in [-0.15, -0.1) is 0 Å². The highest BCUT2D eigenvalue weighted by atomic mass is 16.1. The minimum Gasteiger partial charge on any atom is -0.303 e. The monoisotopic (exact) mass is 169 g/mol. The molecule has 2 nitrogen and oxygen atoms in total. The second-order valence-electron chi connectivity index (χ2n) is 3.16. The molecule has 0 aromatic heterocycles. The molecular formula is C10H19NO. The molecule has 0 radical (unpaired) electrons. The molecule has 0 fully saturated rings. The standard InChI is InChI=1S/C10H19NO/c1-3-10(2)9-11-7-5-4-6-8-12/h7-8,10H,3-6,9H2,1-2H3. The van der Waals surface area contributed by atoms with Gasteiger partial charge in [0.2, 0.25) is 0 Å². The van der Waals surface area contributed by atoms with E-state index in [1.165, 1.54) is 6.42 Å². The van der Waals surface area contributed by atoms with E-state index >= 15 is 0 Å². The minimum absolute atomic E-state index is 0.662. The Balaban J connectivity index is 3.19. The number of unbranched alkanes of at least 4 members (excludes halogenated alkanes) is 2. The Kier molecular flexibility index (Phi) is 7.97. The van der Waals surface area contributed by atoms with E-state index in [0.717, 1.165) is 25.7 Å². The minimum atomic E-state index is 0.662. The quantitative estimate of drug-likeness (QED) is 0.327. The van der Waals surface area contributed by atoms with Crippen LogP contribution in [0.4, 0.5) is 0 Å². The second kappa shape index (κ2) is 8.44. The highest BCUT2D eigenvalue weighted by Crippen LogP contribution is 1.99. The lowest BCUT2D eigenvalue weighted by molar-refractivity contribution is -0.107. The van der Waals surface area contributed by atoms with Gasteiger partial charge >= 0.3 is 0 Å². The van der Waals surface area contributed by atoms with E-state index in [2.05, 4.69) is 18.8 Å². The zero-order valence-electron chi connectivity index (χ0n) is 8.12. The molecule has 70 valence electrons. The normalized spacial score (nSPS) is 13.5. The van der Waals surface area contributed by atoms with Crippen LogP contribution in [0, 0.1) is 5.92 Å². The molecular weight excluding hydrogens is 150 g/mol. The molecule has 0 rings (SSSR count). The highest BCUT2D eigenvalue weighted by Gasteiger charge is 1.93. The molecule has 0 aliphatic carbocycles. The summed E-state index contributed by atoms with van der Waals surface area (Å²) in [5.41, 5.74) is 0. The van der Waals surface area contributed by atoms with Gasteiger partial charge < -0.3 is 4.79 Å². The lowest BCUT2D eigenvalue weighted by Crippen LogP contribution is -1.96. The number of rotatable bonds is 7. The fourth-order valence-corrected chi connectivity index (χ4v) is 0.767.